The summed E-state index contributed by atoms with van der Waals surface area (Å²) >= 11 is 5.25. The van der Waals surface area contributed by atoms with Crippen LogP contribution in [0.1, 0.15) is 87.0 Å². The number of para-hydroxylation sites is 2. The number of quaternary nitrogens is 2. The molecule has 0 amide bonds. The zero-order chi connectivity index (χ0) is 40.7. The Morgan fingerprint density at radius 2 is 1.22 bits per heavy atom. The maximum Gasteiger partial charge on any atom is 0.305 e. The summed E-state index contributed by atoms with van der Waals surface area (Å²) in [6, 6.07) is 21.7. The molecule has 0 heterocycles. The van der Waals surface area contributed by atoms with Crippen LogP contribution in [0.15, 0.2) is 60.7 Å². The van der Waals surface area contributed by atoms with Crippen LogP contribution in [-0.4, -0.2) is 80.3 Å². The molecule has 0 bridgehead atoms. The van der Waals surface area contributed by atoms with Crippen LogP contribution in [0.4, 0.5) is 11.4 Å². The maximum absolute atomic E-state index is 11.4. The minimum atomic E-state index is -0.160. The standard InChI is InChI=1S/C15H23NO5S.C9H13NO3S.C8H19N.C6H11BrO2/c1-2-19-15(17)10-6-11-16(12-7-13-22-21-20-18)14-8-4-3-5-9-14;11-12-13-14-8-4-7-10-9-5-2-1-3-6-9;1-6-9(7(2)3)8(4)5;1-2-9-6(8)4-3-5-7/h3-5,8-9,18H,2,6-7,10-13H2,1H3;1-3,5-6,10-11H,4,7-8H2;7-8H,6H2,1-5H3;2-5H2,1H3. The van der Waals surface area contributed by atoms with Gasteiger partial charge < -0.3 is 35.1 Å². The van der Waals surface area contributed by atoms with Crippen LogP contribution in [0.2, 0.25) is 0 Å². The molecule has 0 spiro atoms. The second-order valence-corrected chi connectivity index (χ2v) is 14.4. The number of carbonyl (C=O) groups is 2. The zero-order valence-corrected chi connectivity index (χ0v) is 36.6. The van der Waals surface area contributed by atoms with E-state index < -0.39 is 0 Å². The number of ether oxygens (including phenoxy) is 2. The number of halogens is 1. The quantitative estimate of drug-likeness (QED) is 0.0256. The van der Waals surface area contributed by atoms with Crippen LogP contribution in [0.3, 0.4) is 0 Å². The summed E-state index contributed by atoms with van der Waals surface area (Å²) in [6.45, 7) is 19.7. The third-order valence-electron chi connectivity index (χ3n) is 7.37. The van der Waals surface area contributed by atoms with Crippen molar-refractivity contribution in [3.8, 4) is 0 Å². The minimum Gasteiger partial charge on any atom is -0.691 e. The van der Waals surface area contributed by atoms with Gasteiger partial charge in [-0.25, -0.2) is 0 Å². The highest BCUT2D eigenvalue weighted by Gasteiger charge is 2.13. The molecule has 0 unspecified atom stereocenters. The number of carbonyl (C=O) groups excluding carboxylic acids is 2. The fourth-order valence-electron chi connectivity index (χ4n) is 5.01. The van der Waals surface area contributed by atoms with E-state index in [1.807, 2.05) is 55.5 Å². The summed E-state index contributed by atoms with van der Waals surface area (Å²) < 4.78 is 18.0. The smallest absolute Gasteiger partial charge is 0.305 e. The largest absolute Gasteiger partial charge is 0.691 e. The van der Waals surface area contributed by atoms with Crippen molar-refractivity contribution < 1.29 is 58.5 Å². The molecule has 0 aliphatic heterocycles. The molecule has 0 saturated heterocycles. The van der Waals surface area contributed by atoms with E-state index in [-0.39, 0.29) is 11.9 Å². The second kappa shape index (κ2) is 40.7. The van der Waals surface area contributed by atoms with Gasteiger partial charge in [0.15, 0.2) is 0 Å². The molecule has 16 heteroatoms. The summed E-state index contributed by atoms with van der Waals surface area (Å²) in [7, 11) is 0. The van der Waals surface area contributed by atoms with E-state index in [0.717, 1.165) is 98.3 Å². The average molecular weight is 869 g/mol. The van der Waals surface area contributed by atoms with E-state index in [4.69, 9.17) is 4.74 Å². The number of anilines is 1. The van der Waals surface area contributed by atoms with Crippen LogP contribution in [0.5, 0.6) is 0 Å². The number of esters is 2. The van der Waals surface area contributed by atoms with E-state index in [9.17, 15) is 20.1 Å². The lowest BCUT2D eigenvalue weighted by Crippen LogP contribution is -3.17. The Bertz CT molecular complexity index is 1090. The van der Waals surface area contributed by atoms with Gasteiger partial charge in [-0.2, -0.15) is 8.67 Å². The molecule has 0 aliphatic carbocycles. The summed E-state index contributed by atoms with van der Waals surface area (Å²) in [5.74, 6) is 1.15. The number of hydrogen-bond acceptors (Lipinski definition) is 13. The predicted molar refractivity (Wildman–Crippen MR) is 217 cm³/mol. The Labute approximate surface area is 341 Å². The molecule has 0 fully saturated rings. The zero-order valence-electron chi connectivity index (χ0n) is 33.3. The van der Waals surface area contributed by atoms with Crippen molar-refractivity contribution in [3.05, 3.63) is 60.7 Å². The van der Waals surface area contributed by atoms with Gasteiger partial charge in [0.25, 0.3) is 0 Å². The number of nitrogens with one attached hydrogen (secondary N) is 1. The molecule has 13 nitrogen and oxygen atoms in total. The molecule has 0 radical (unpaired) electrons. The molecular formula is C38H66BrN3O10S2. The van der Waals surface area contributed by atoms with E-state index in [1.165, 1.54) is 12.2 Å². The fourth-order valence-corrected chi connectivity index (χ4v) is 6.03. The molecule has 2 rings (SSSR count). The highest BCUT2D eigenvalue weighted by molar-refractivity contribution is 9.09. The first-order chi connectivity index (χ1) is 26.1. The molecule has 0 aromatic heterocycles. The van der Waals surface area contributed by atoms with Gasteiger partial charge in [0, 0.05) is 79.0 Å². The third kappa shape index (κ3) is 34.5. The van der Waals surface area contributed by atoms with Crippen molar-refractivity contribution in [1.82, 2.24) is 0 Å². The lowest BCUT2D eigenvalue weighted by atomic mass is 10.2. The first-order valence-electron chi connectivity index (χ1n) is 18.7. The van der Waals surface area contributed by atoms with E-state index in [1.54, 1.807) is 11.8 Å². The monoisotopic (exact) mass is 867 g/mol. The van der Waals surface area contributed by atoms with Crippen LogP contribution >= 0.6 is 40.0 Å². The van der Waals surface area contributed by atoms with Gasteiger partial charge >= 0.3 is 11.9 Å². The highest BCUT2D eigenvalue weighted by Crippen LogP contribution is 2.16. The van der Waals surface area contributed by atoms with E-state index in [0.29, 0.717) is 31.8 Å². The molecule has 54 heavy (non-hydrogen) atoms. The van der Waals surface area contributed by atoms with Crippen LogP contribution in [0.25, 0.3) is 0 Å². The van der Waals surface area contributed by atoms with Crippen molar-refractivity contribution in [1.29, 1.82) is 0 Å². The summed E-state index contributed by atoms with van der Waals surface area (Å²) in [5.41, 5.74) is 2.33. The Kier molecular flexibility index (Phi) is 40.8. The first-order valence-corrected chi connectivity index (χ1v) is 21.6. The Morgan fingerprint density at radius 1 is 0.741 bits per heavy atom. The van der Waals surface area contributed by atoms with Crippen molar-refractivity contribution in [2.24, 2.45) is 0 Å². The number of hydrogen-bond donors (Lipinski definition) is 2. The lowest BCUT2D eigenvalue weighted by Gasteiger charge is -2.25. The third-order valence-corrected chi connectivity index (χ3v) is 9.14. The Morgan fingerprint density at radius 3 is 1.67 bits per heavy atom. The van der Waals surface area contributed by atoms with Gasteiger partial charge in [-0.05, 0) is 92.0 Å². The maximum atomic E-state index is 11.4. The van der Waals surface area contributed by atoms with Crippen molar-refractivity contribution in [2.45, 2.75) is 99.1 Å². The molecule has 2 aromatic carbocycles. The molecule has 0 saturated carbocycles. The number of alkyl halides is 1. The van der Waals surface area contributed by atoms with Gasteiger partial charge in [-0.3, -0.25) is 19.7 Å². The van der Waals surface area contributed by atoms with Crippen LogP contribution < -0.4 is 25.6 Å². The Hall–Kier alpha value is -1.96. The minimum absolute atomic E-state index is 0.100. The molecule has 2 aromatic rings. The summed E-state index contributed by atoms with van der Waals surface area (Å²) in [6.07, 6.45) is 4.34. The lowest BCUT2D eigenvalue weighted by molar-refractivity contribution is -0.940. The van der Waals surface area contributed by atoms with Gasteiger partial charge in [0.1, 0.15) is 5.69 Å². The Balaban J connectivity index is 0. The van der Waals surface area contributed by atoms with Crippen molar-refractivity contribution in [3.63, 3.8) is 0 Å². The average Bonchev–Trinajstić information content (AvgIpc) is 3.16. The first kappa shape index (κ1) is 54.1. The van der Waals surface area contributed by atoms with Crippen LogP contribution in [-0.2, 0) is 37.8 Å². The van der Waals surface area contributed by atoms with Crippen molar-refractivity contribution >= 4 is 63.3 Å². The SMILES string of the molecule is CCOC(=O)CCCBr.CCOC(=O)CCCN(CCCSOO[O-])c1ccccc1.CC[NH+](C(C)C)C(C)C.[O-]OOSCCC[NH2+]c1ccccc1. The summed E-state index contributed by atoms with van der Waals surface area (Å²) in [4.78, 5) is 25.8. The molecule has 0 aliphatic rings. The fraction of sp³-hybridized carbons (Fsp3) is 0.632. The number of benzene rings is 2. The number of rotatable bonds is 26. The van der Waals surface area contributed by atoms with E-state index in [2.05, 4.69) is 96.4 Å². The molecule has 3 N–H and O–H groups in total. The highest BCUT2D eigenvalue weighted by atomic mass is 79.9. The predicted octanol–water partition coefficient (Wildman–Crippen LogP) is 4.67. The number of nitrogens with two attached hydrogens (primary N) is 1. The second-order valence-electron chi connectivity index (χ2n) is 12.1. The number of nitrogens with zero attached hydrogens (tertiary/aromatic N) is 1. The van der Waals surface area contributed by atoms with Gasteiger partial charge in [-0.1, -0.05) is 52.3 Å². The van der Waals surface area contributed by atoms with E-state index >= 15 is 0 Å². The van der Waals surface area contributed by atoms with Gasteiger partial charge in [-0.15, -0.1) is 0 Å². The topological polar surface area (TPSA) is 160 Å². The normalized spacial score (nSPS) is 10.5. The molecular weight excluding hydrogens is 802 g/mol. The van der Waals surface area contributed by atoms with Gasteiger partial charge in [0.2, 0.25) is 0 Å². The molecule has 312 valence electrons. The van der Waals surface area contributed by atoms with Crippen molar-refractivity contribution in [2.75, 3.05) is 61.1 Å². The van der Waals surface area contributed by atoms with Gasteiger partial charge in [0.05, 0.1) is 38.4 Å². The van der Waals surface area contributed by atoms with Crippen LogP contribution in [0, 0.1) is 0 Å². The molecule has 0 atom stereocenters. The summed E-state index contributed by atoms with van der Waals surface area (Å²) in [5, 5.41) is 28.7.